The van der Waals surface area contributed by atoms with Gasteiger partial charge in [0.25, 0.3) is 0 Å². The number of nitrogens with zero attached hydrogens (tertiary/aromatic N) is 1. The minimum Gasteiger partial charge on any atom is -0.382 e. The molecule has 0 bridgehead atoms. The van der Waals surface area contributed by atoms with Crippen LogP contribution < -0.4 is 10.0 Å². The van der Waals surface area contributed by atoms with Crippen molar-refractivity contribution in [3.8, 4) is 0 Å². The molecule has 21 heavy (non-hydrogen) atoms. The SMILES string of the molecule is CCOCCCNS(=O)(=O)c1cc(CNC(C)C)n(C)c1. The Bertz CT molecular complexity index is 524. The molecule has 0 fully saturated rings. The van der Waals surface area contributed by atoms with Crippen LogP contribution in [0, 0.1) is 0 Å². The maximum absolute atomic E-state index is 12.2. The average molecular weight is 317 g/mol. The molecule has 0 aliphatic rings. The summed E-state index contributed by atoms with van der Waals surface area (Å²) in [4.78, 5) is 0.307. The van der Waals surface area contributed by atoms with Crippen molar-refractivity contribution in [2.75, 3.05) is 19.8 Å². The van der Waals surface area contributed by atoms with E-state index in [-0.39, 0.29) is 0 Å². The number of hydrogen-bond acceptors (Lipinski definition) is 4. The molecule has 1 heterocycles. The fourth-order valence-electron chi connectivity index (χ4n) is 1.82. The summed E-state index contributed by atoms with van der Waals surface area (Å²) in [5.41, 5.74) is 0.943. The van der Waals surface area contributed by atoms with E-state index in [9.17, 15) is 8.42 Å². The Morgan fingerprint density at radius 3 is 2.71 bits per heavy atom. The number of sulfonamides is 1. The molecule has 0 aromatic carbocycles. The Balaban J connectivity index is 2.60. The van der Waals surface area contributed by atoms with Gasteiger partial charge in [0, 0.05) is 51.3 Å². The van der Waals surface area contributed by atoms with Gasteiger partial charge in [-0.1, -0.05) is 13.8 Å². The third kappa shape index (κ3) is 6.17. The minimum absolute atomic E-state index is 0.307. The summed E-state index contributed by atoms with van der Waals surface area (Å²) in [6.07, 6.45) is 2.31. The molecule has 0 aliphatic carbocycles. The summed E-state index contributed by atoms with van der Waals surface area (Å²) in [5.74, 6) is 0. The van der Waals surface area contributed by atoms with Crippen LogP contribution in [0.2, 0.25) is 0 Å². The van der Waals surface area contributed by atoms with E-state index in [1.165, 1.54) is 0 Å². The lowest BCUT2D eigenvalue weighted by Crippen LogP contribution is -2.25. The lowest BCUT2D eigenvalue weighted by Gasteiger charge is -2.08. The molecule has 0 radical (unpaired) electrons. The summed E-state index contributed by atoms with van der Waals surface area (Å²) in [7, 11) is -1.59. The van der Waals surface area contributed by atoms with Crippen LogP contribution in [0.15, 0.2) is 17.2 Å². The van der Waals surface area contributed by atoms with Crippen molar-refractivity contribution in [1.82, 2.24) is 14.6 Å². The van der Waals surface area contributed by atoms with Crippen LogP contribution >= 0.6 is 0 Å². The van der Waals surface area contributed by atoms with Crippen molar-refractivity contribution in [2.45, 2.75) is 44.7 Å². The van der Waals surface area contributed by atoms with Gasteiger partial charge in [0.15, 0.2) is 0 Å². The van der Waals surface area contributed by atoms with Crippen molar-refractivity contribution in [1.29, 1.82) is 0 Å². The predicted molar refractivity (Wildman–Crippen MR) is 83.7 cm³/mol. The van der Waals surface area contributed by atoms with E-state index < -0.39 is 10.0 Å². The molecule has 0 saturated heterocycles. The van der Waals surface area contributed by atoms with Crippen LogP contribution in [0.4, 0.5) is 0 Å². The lowest BCUT2D eigenvalue weighted by molar-refractivity contribution is 0.146. The molecular formula is C14H27N3O3S. The minimum atomic E-state index is -3.44. The van der Waals surface area contributed by atoms with Gasteiger partial charge in [-0.2, -0.15) is 0 Å². The number of rotatable bonds is 10. The van der Waals surface area contributed by atoms with Crippen molar-refractivity contribution in [3.63, 3.8) is 0 Å². The number of nitrogens with one attached hydrogen (secondary N) is 2. The maximum Gasteiger partial charge on any atom is 0.242 e. The Morgan fingerprint density at radius 2 is 2.10 bits per heavy atom. The molecule has 1 rings (SSSR count). The molecule has 0 atom stereocenters. The van der Waals surface area contributed by atoms with E-state index in [1.54, 1.807) is 12.3 Å². The summed E-state index contributed by atoms with van der Waals surface area (Å²) in [6, 6.07) is 2.07. The van der Waals surface area contributed by atoms with Gasteiger partial charge in [0.2, 0.25) is 10.0 Å². The molecule has 0 aliphatic heterocycles. The molecule has 1 aromatic rings. The summed E-state index contributed by atoms with van der Waals surface area (Å²) in [5, 5.41) is 3.28. The average Bonchev–Trinajstić information content (AvgIpc) is 2.78. The van der Waals surface area contributed by atoms with Gasteiger partial charge >= 0.3 is 0 Å². The van der Waals surface area contributed by atoms with Gasteiger partial charge in [-0.15, -0.1) is 0 Å². The second-order valence-corrected chi connectivity index (χ2v) is 7.03. The zero-order valence-electron chi connectivity index (χ0n) is 13.3. The van der Waals surface area contributed by atoms with Crippen LogP contribution in [0.25, 0.3) is 0 Å². The van der Waals surface area contributed by atoms with Gasteiger partial charge < -0.3 is 14.6 Å². The summed E-state index contributed by atoms with van der Waals surface area (Å²) >= 11 is 0. The van der Waals surface area contributed by atoms with Gasteiger partial charge in [-0.3, -0.25) is 0 Å². The van der Waals surface area contributed by atoms with E-state index in [1.807, 2.05) is 18.5 Å². The summed E-state index contributed by atoms with van der Waals surface area (Å²) in [6.45, 7) is 8.28. The van der Waals surface area contributed by atoms with Gasteiger partial charge in [-0.05, 0) is 19.4 Å². The molecule has 122 valence electrons. The van der Waals surface area contributed by atoms with Crippen LogP contribution in [0.3, 0.4) is 0 Å². The van der Waals surface area contributed by atoms with Crippen molar-refractivity contribution in [2.24, 2.45) is 7.05 Å². The number of hydrogen-bond donors (Lipinski definition) is 2. The van der Waals surface area contributed by atoms with E-state index in [4.69, 9.17) is 4.74 Å². The van der Waals surface area contributed by atoms with E-state index in [2.05, 4.69) is 23.9 Å². The molecule has 0 unspecified atom stereocenters. The number of ether oxygens (including phenoxy) is 1. The van der Waals surface area contributed by atoms with Crippen LogP contribution in [-0.4, -0.2) is 38.8 Å². The monoisotopic (exact) mass is 317 g/mol. The van der Waals surface area contributed by atoms with Crippen LogP contribution in [0.1, 0.15) is 32.9 Å². The zero-order chi connectivity index (χ0) is 15.9. The van der Waals surface area contributed by atoms with Crippen molar-refractivity contribution < 1.29 is 13.2 Å². The maximum atomic E-state index is 12.2. The molecular weight excluding hydrogens is 290 g/mol. The summed E-state index contributed by atoms with van der Waals surface area (Å²) < 4.78 is 34.0. The second kappa shape index (κ2) is 8.53. The number of aromatic nitrogens is 1. The highest BCUT2D eigenvalue weighted by Crippen LogP contribution is 2.13. The van der Waals surface area contributed by atoms with Crippen LogP contribution in [-0.2, 0) is 28.4 Å². The Labute approximate surface area is 127 Å². The van der Waals surface area contributed by atoms with Gasteiger partial charge in [0.1, 0.15) is 0 Å². The first-order valence-electron chi connectivity index (χ1n) is 7.33. The van der Waals surface area contributed by atoms with E-state index in [0.29, 0.717) is 43.7 Å². The molecule has 0 saturated carbocycles. The van der Waals surface area contributed by atoms with Crippen LogP contribution in [0.5, 0.6) is 0 Å². The smallest absolute Gasteiger partial charge is 0.242 e. The fraction of sp³-hybridized carbons (Fsp3) is 0.714. The molecule has 7 heteroatoms. The standard InChI is InChI=1S/C14H27N3O3S/c1-5-20-8-6-7-16-21(18,19)14-9-13(17(4)11-14)10-15-12(2)3/h9,11-12,15-16H,5-8,10H2,1-4H3. The van der Waals surface area contributed by atoms with E-state index in [0.717, 1.165) is 5.69 Å². The molecule has 0 amide bonds. The molecule has 0 spiro atoms. The Morgan fingerprint density at radius 1 is 1.38 bits per heavy atom. The third-order valence-electron chi connectivity index (χ3n) is 3.05. The fourth-order valence-corrected chi connectivity index (χ4v) is 2.98. The normalized spacial score (nSPS) is 12.2. The quantitative estimate of drug-likeness (QED) is 0.637. The van der Waals surface area contributed by atoms with Crippen molar-refractivity contribution in [3.05, 3.63) is 18.0 Å². The molecule has 1 aromatic heterocycles. The lowest BCUT2D eigenvalue weighted by atomic mass is 10.3. The van der Waals surface area contributed by atoms with Gasteiger partial charge in [-0.25, -0.2) is 13.1 Å². The Hall–Kier alpha value is -0.890. The zero-order valence-corrected chi connectivity index (χ0v) is 14.2. The molecule has 2 N–H and O–H groups in total. The first-order chi connectivity index (χ1) is 9.86. The first kappa shape index (κ1) is 18.2. The first-order valence-corrected chi connectivity index (χ1v) is 8.81. The highest BCUT2D eigenvalue weighted by Gasteiger charge is 2.16. The predicted octanol–water partition coefficient (Wildman–Crippen LogP) is 1.23. The topological polar surface area (TPSA) is 72.4 Å². The van der Waals surface area contributed by atoms with E-state index >= 15 is 0 Å². The third-order valence-corrected chi connectivity index (χ3v) is 4.47. The number of aryl methyl sites for hydroxylation is 1. The molecule has 6 nitrogen and oxygen atoms in total. The highest BCUT2D eigenvalue weighted by atomic mass is 32.2. The second-order valence-electron chi connectivity index (χ2n) is 5.26. The van der Waals surface area contributed by atoms with Crippen molar-refractivity contribution >= 4 is 10.0 Å². The van der Waals surface area contributed by atoms with Gasteiger partial charge in [0.05, 0.1) is 4.90 Å². The largest absolute Gasteiger partial charge is 0.382 e. The highest BCUT2D eigenvalue weighted by molar-refractivity contribution is 7.89. The Kier molecular flexibility index (Phi) is 7.37.